The van der Waals surface area contributed by atoms with Gasteiger partial charge in [0.1, 0.15) is 5.76 Å². The van der Waals surface area contributed by atoms with E-state index in [2.05, 4.69) is 4.90 Å². The molecule has 0 unspecified atom stereocenters. The fourth-order valence-corrected chi connectivity index (χ4v) is 2.85. The summed E-state index contributed by atoms with van der Waals surface area (Å²) in [7, 11) is 0. The van der Waals surface area contributed by atoms with E-state index in [4.69, 9.17) is 27.6 Å². The number of anilines is 1. The van der Waals surface area contributed by atoms with E-state index in [0.717, 1.165) is 24.5 Å². The van der Waals surface area contributed by atoms with E-state index in [1.54, 1.807) is 18.2 Å². The number of nitrogens with zero attached hydrogens (tertiary/aromatic N) is 2. The largest absolute Gasteiger partial charge is 0.456 e. The second-order valence-electron chi connectivity index (χ2n) is 5.29. The molecule has 2 heterocycles. The first-order valence-electron chi connectivity index (χ1n) is 7.10. The van der Waals surface area contributed by atoms with Gasteiger partial charge in [0.25, 0.3) is 5.91 Å². The van der Waals surface area contributed by atoms with E-state index < -0.39 is 0 Å². The third-order valence-corrected chi connectivity index (χ3v) is 4.53. The summed E-state index contributed by atoms with van der Waals surface area (Å²) in [6, 6.07) is 9.13. The summed E-state index contributed by atoms with van der Waals surface area (Å²) >= 11 is 12.0. The average Bonchev–Trinajstić information content (AvgIpc) is 2.96. The molecule has 4 nitrogen and oxygen atoms in total. The van der Waals surface area contributed by atoms with Gasteiger partial charge >= 0.3 is 0 Å². The van der Waals surface area contributed by atoms with Crippen molar-refractivity contribution in [2.45, 2.75) is 6.92 Å². The number of rotatable bonds is 2. The van der Waals surface area contributed by atoms with Gasteiger partial charge in [0, 0.05) is 31.9 Å². The Morgan fingerprint density at radius 2 is 1.77 bits per heavy atom. The first-order valence-corrected chi connectivity index (χ1v) is 7.86. The lowest BCUT2D eigenvalue weighted by Crippen LogP contribution is -2.48. The molecule has 116 valence electrons. The average molecular weight is 339 g/mol. The molecule has 0 atom stereocenters. The highest BCUT2D eigenvalue weighted by molar-refractivity contribution is 6.42. The number of carbonyl (C=O) groups excluding carboxylic acids is 1. The number of halogens is 2. The minimum Gasteiger partial charge on any atom is -0.456 e. The van der Waals surface area contributed by atoms with Crippen molar-refractivity contribution >= 4 is 34.8 Å². The summed E-state index contributed by atoms with van der Waals surface area (Å²) in [5.74, 6) is 1.10. The third-order valence-electron chi connectivity index (χ3n) is 3.79. The molecule has 0 aliphatic carbocycles. The number of carbonyl (C=O) groups is 1. The maximum Gasteiger partial charge on any atom is 0.289 e. The fraction of sp³-hybridized carbons (Fsp3) is 0.312. The molecular formula is C16H16Cl2N2O2. The molecule has 1 fully saturated rings. The van der Waals surface area contributed by atoms with E-state index in [-0.39, 0.29) is 5.91 Å². The lowest BCUT2D eigenvalue weighted by Gasteiger charge is -2.35. The molecular weight excluding hydrogens is 323 g/mol. The number of hydrogen-bond donors (Lipinski definition) is 0. The Labute approximate surface area is 139 Å². The van der Waals surface area contributed by atoms with E-state index in [1.807, 2.05) is 24.0 Å². The first kappa shape index (κ1) is 15.3. The molecule has 1 aromatic heterocycles. The van der Waals surface area contributed by atoms with Gasteiger partial charge in [-0.2, -0.15) is 0 Å². The molecule has 0 spiro atoms. The van der Waals surface area contributed by atoms with Crippen LogP contribution in [-0.4, -0.2) is 37.0 Å². The molecule has 3 rings (SSSR count). The molecule has 0 bridgehead atoms. The molecule has 0 saturated carbocycles. The molecule has 1 saturated heterocycles. The number of aryl methyl sites for hydroxylation is 1. The molecule has 1 aromatic carbocycles. The van der Waals surface area contributed by atoms with E-state index in [1.165, 1.54) is 0 Å². The lowest BCUT2D eigenvalue weighted by molar-refractivity contribution is 0.0713. The Hall–Kier alpha value is -1.65. The quantitative estimate of drug-likeness (QED) is 0.834. The second kappa shape index (κ2) is 6.23. The number of hydrogen-bond acceptors (Lipinski definition) is 3. The van der Waals surface area contributed by atoms with Crippen molar-refractivity contribution < 1.29 is 9.21 Å². The summed E-state index contributed by atoms with van der Waals surface area (Å²) in [5, 5.41) is 1.09. The van der Waals surface area contributed by atoms with Gasteiger partial charge in [-0.15, -0.1) is 0 Å². The van der Waals surface area contributed by atoms with E-state index in [0.29, 0.717) is 28.9 Å². The molecule has 0 N–H and O–H groups in total. The molecule has 1 aliphatic rings. The van der Waals surface area contributed by atoms with Gasteiger partial charge in [-0.1, -0.05) is 23.2 Å². The van der Waals surface area contributed by atoms with Crippen LogP contribution in [0.15, 0.2) is 34.7 Å². The molecule has 6 heteroatoms. The Balaban J connectivity index is 1.64. The second-order valence-corrected chi connectivity index (χ2v) is 6.10. The molecule has 1 aliphatic heterocycles. The predicted molar refractivity (Wildman–Crippen MR) is 88.0 cm³/mol. The maximum atomic E-state index is 12.3. The number of furan rings is 1. The van der Waals surface area contributed by atoms with Crippen LogP contribution >= 0.6 is 23.2 Å². The summed E-state index contributed by atoms with van der Waals surface area (Å²) in [6.45, 7) is 4.64. The van der Waals surface area contributed by atoms with Crippen molar-refractivity contribution in [1.29, 1.82) is 0 Å². The Morgan fingerprint density at radius 3 is 2.36 bits per heavy atom. The number of piperazine rings is 1. The van der Waals surface area contributed by atoms with Gasteiger partial charge in [-0.05, 0) is 37.3 Å². The fourth-order valence-electron chi connectivity index (χ4n) is 2.55. The van der Waals surface area contributed by atoms with Crippen LogP contribution in [0.25, 0.3) is 0 Å². The zero-order chi connectivity index (χ0) is 15.7. The topological polar surface area (TPSA) is 36.7 Å². The smallest absolute Gasteiger partial charge is 0.289 e. The molecule has 1 amide bonds. The molecule has 0 radical (unpaired) electrons. The predicted octanol–water partition coefficient (Wildman–Crippen LogP) is 3.86. The van der Waals surface area contributed by atoms with Gasteiger partial charge in [0.2, 0.25) is 0 Å². The van der Waals surface area contributed by atoms with Crippen molar-refractivity contribution in [3.8, 4) is 0 Å². The van der Waals surface area contributed by atoms with Crippen LogP contribution in [0.4, 0.5) is 5.69 Å². The third kappa shape index (κ3) is 3.08. The van der Waals surface area contributed by atoms with Crippen molar-refractivity contribution in [3.05, 3.63) is 51.9 Å². The monoisotopic (exact) mass is 338 g/mol. The minimum atomic E-state index is -0.0538. The Morgan fingerprint density at radius 1 is 1.05 bits per heavy atom. The zero-order valence-electron chi connectivity index (χ0n) is 12.2. The zero-order valence-corrected chi connectivity index (χ0v) is 13.7. The maximum absolute atomic E-state index is 12.3. The van der Waals surface area contributed by atoms with Crippen molar-refractivity contribution in [3.63, 3.8) is 0 Å². The molecule has 2 aromatic rings. The minimum absolute atomic E-state index is 0.0538. The van der Waals surface area contributed by atoms with Crippen LogP contribution in [0.2, 0.25) is 10.0 Å². The SMILES string of the molecule is Cc1ccc(C(=O)N2CCN(c3ccc(Cl)c(Cl)c3)CC2)o1. The summed E-state index contributed by atoms with van der Waals surface area (Å²) in [4.78, 5) is 16.3. The standard InChI is InChI=1S/C16H16Cl2N2O2/c1-11-2-5-15(22-11)16(21)20-8-6-19(7-9-20)12-3-4-13(17)14(18)10-12/h2-5,10H,6-9H2,1H3. The van der Waals surface area contributed by atoms with Gasteiger partial charge in [-0.3, -0.25) is 4.79 Å². The summed E-state index contributed by atoms with van der Waals surface area (Å²) < 4.78 is 5.40. The Bertz CT molecular complexity index is 691. The Kier molecular flexibility index (Phi) is 4.32. The normalized spacial score (nSPS) is 15.2. The molecule has 22 heavy (non-hydrogen) atoms. The van der Waals surface area contributed by atoms with Crippen molar-refractivity contribution in [1.82, 2.24) is 4.90 Å². The summed E-state index contributed by atoms with van der Waals surface area (Å²) in [6.07, 6.45) is 0. The highest BCUT2D eigenvalue weighted by Gasteiger charge is 2.24. The van der Waals surface area contributed by atoms with Gasteiger partial charge in [-0.25, -0.2) is 0 Å². The summed E-state index contributed by atoms with van der Waals surface area (Å²) in [5.41, 5.74) is 1.02. The van der Waals surface area contributed by atoms with Crippen LogP contribution in [0.5, 0.6) is 0 Å². The van der Waals surface area contributed by atoms with Gasteiger partial charge < -0.3 is 14.2 Å². The van der Waals surface area contributed by atoms with Crippen LogP contribution in [0.1, 0.15) is 16.3 Å². The number of amides is 1. The van der Waals surface area contributed by atoms with Crippen LogP contribution in [0.3, 0.4) is 0 Å². The van der Waals surface area contributed by atoms with Crippen molar-refractivity contribution in [2.24, 2.45) is 0 Å². The first-order chi connectivity index (χ1) is 10.5. The van der Waals surface area contributed by atoms with Crippen LogP contribution in [0, 0.1) is 6.92 Å². The van der Waals surface area contributed by atoms with E-state index >= 15 is 0 Å². The highest BCUT2D eigenvalue weighted by Crippen LogP contribution is 2.28. The number of benzene rings is 1. The highest BCUT2D eigenvalue weighted by atomic mass is 35.5. The van der Waals surface area contributed by atoms with Crippen LogP contribution < -0.4 is 4.90 Å². The van der Waals surface area contributed by atoms with E-state index in [9.17, 15) is 4.79 Å². The van der Waals surface area contributed by atoms with Crippen molar-refractivity contribution in [2.75, 3.05) is 31.1 Å². The lowest BCUT2D eigenvalue weighted by atomic mass is 10.2. The van der Waals surface area contributed by atoms with Crippen LogP contribution in [-0.2, 0) is 0 Å². The van der Waals surface area contributed by atoms with Gasteiger partial charge in [0.05, 0.1) is 10.0 Å². The van der Waals surface area contributed by atoms with Gasteiger partial charge in [0.15, 0.2) is 5.76 Å².